The van der Waals surface area contributed by atoms with Gasteiger partial charge in [0.15, 0.2) is 0 Å². The van der Waals surface area contributed by atoms with Crippen molar-refractivity contribution in [2.24, 2.45) is 0 Å². The van der Waals surface area contributed by atoms with Gasteiger partial charge in [-0.2, -0.15) is 0 Å². The molecule has 2 amide bonds. The van der Waals surface area contributed by atoms with E-state index in [1.807, 2.05) is 46.3 Å². The van der Waals surface area contributed by atoms with Gasteiger partial charge in [-0.1, -0.05) is 18.2 Å². The first-order valence-electron chi connectivity index (χ1n) is 10.5. The molecule has 1 aliphatic heterocycles. The summed E-state index contributed by atoms with van der Waals surface area (Å²) in [6, 6.07) is 16.9. The number of ether oxygens (including phenoxy) is 1. The van der Waals surface area contributed by atoms with E-state index in [-0.39, 0.29) is 24.9 Å². The van der Waals surface area contributed by atoms with Crippen LogP contribution in [0.15, 0.2) is 66.0 Å². The van der Waals surface area contributed by atoms with E-state index in [1.54, 1.807) is 14.0 Å². The minimum Gasteiger partial charge on any atom is -0.496 e. The van der Waals surface area contributed by atoms with Crippen LogP contribution in [-0.4, -0.2) is 29.0 Å². The first kappa shape index (κ1) is 21.2. The lowest BCUT2D eigenvalue weighted by molar-refractivity contribution is -0.126. The molecule has 4 aromatic rings. The number of nitrogens with one attached hydrogen (secondary N) is 1. The molecule has 3 heterocycles. The number of nitrogens with zero attached hydrogens (tertiary/aromatic N) is 2. The number of benzene rings is 2. The number of hydrogen-bond acceptors (Lipinski definition) is 4. The number of aromatic nitrogens is 1. The zero-order valence-electron chi connectivity index (χ0n) is 18.2. The van der Waals surface area contributed by atoms with Gasteiger partial charge >= 0.3 is 0 Å². The molecule has 8 heteroatoms. The van der Waals surface area contributed by atoms with E-state index in [0.29, 0.717) is 17.1 Å². The zero-order valence-corrected chi connectivity index (χ0v) is 19.0. The number of carbonyl (C=O) groups is 2. The number of hydrogen-bond donors (Lipinski definition) is 1. The van der Waals surface area contributed by atoms with Crippen molar-refractivity contribution in [3.63, 3.8) is 0 Å². The van der Waals surface area contributed by atoms with Crippen LogP contribution in [0, 0.1) is 5.82 Å². The maximum absolute atomic E-state index is 13.7. The predicted molar refractivity (Wildman–Crippen MR) is 126 cm³/mol. The highest BCUT2D eigenvalue weighted by molar-refractivity contribution is 7.16. The van der Waals surface area contributed by atoms with Gasteiger partial charge in [0.1, 0.15) is 27.6 Å². The van der Waals surface area contributed by atoms with Gasteiger partial charge < -0.3 is 14.6 Å². The lowest BCUT2D eigenvalue weighted by Crippen LogP contribution is -2.64. The third-order valence-corrected chi connectivity index (χ3v) is 7.04. The Hall–Kier alpha value is -3.65. The average molecular weight is 464 g/mol. The van der Waals surface area contributed by atoms with Crippen LogP contribution in [0.25, 0.3) is 10.2 Å². The van der Waals surface area contributed by atoms with Crippen molar-refractivity contribution >= 4 is 39.1 Å². The van der Waals surface area contributed by atoms with Crippen LogP contribution in [0.5, 0.6) is 5.75 Å². The molecule has 0 saturated heterocycles. The molecule has 0 aliphatic carbocycles. The number of methoxy groups -OCH3 is 1. The average Bonchev–Trinajstić information content (AvgIpc) is 3.41. The number of rotatable bonds is 5. The SMILES string of the molecule is COc1ccccc1CNC(=O)[C@]1(C)Cn2c(cc3ccsc32)C(=O)N1c1ccc(F)cc1. The fraction of sp³-hybridized carbons (Fsp3) is 0.200. The van der Waals surface area contributed by atoms with Crippen LogP contribution in [0.2, 0.25) is 0 Å². The van der Waals surface area contributed by atoms with Crippen molar-refractivity contribution in [1.82, 2.24) is 9.88 Å². The maximum atomic E-state index is 13.7. The Kier molecular flexibility index (Phi) is 5.17. The summed E-state index contributed by atoms with van der Waals surface area (Å²) in [4.78, 5) is 29.8. The van der Waals surface area contributed by atoms with Gasteiger partial charge in [0.25, 0.3) is 5.91 Å². The van der Waals surface area contributed by atoms with Crippen molar-refractivity contribution in [2.75, 3.05) is 12.0 Å². The lowest BCUT2D eigenvalue weighted by atomic mass is 9.93. The molecule has 0 radical (unpaired) electrons. The number of thiophene rings is 1. The van der Waals surface area contributed by atoms with Crippen LogP contribution < -0.4 is 15.0 Å². The molecule has 2 aromatic heterocycles. The van der Waals surface area contributed by atoms with Crippen LogP contribution in [-0.2, 0) is 17.9 Å². The smallest absolute Gasteiger partial charge is 0.275 e. The fourth-order valence-corrected chi connectivity index (χ4v) is 5.30. The quantitative estimate of drug-likeness (QED) is 0.471. The Morgan fingerprint density at radius 2 is 1.94 bits per heavy atom. The Morgan fingerprint density at radius 3 is 2.70 bits per heavy atom. The number of para-hydroxylation sites is 1. The van der Waals surface area contributed by atoms with Crippen LogP contribution in [0.3, 0.4) is 0 Å². The van der Waals surface area contributed by atoms with Gasteiger partial charge in [0, 0.05) is 23.2 Å². The Labute approximate surface area is 194 Å². The minimum atomic E-state index is -1.24. The molecule has 1 N–H and O–H groups in total. The second-order valence-electron chi connectivity index (χ2n) is 8.18. The van der Waals surface area contributed by atoms with Crippen molar-refractivity contribution in [1.29, 1.82) is 0 Å². The standard InChI is InChI=1S/C25H22FN3O3S/c1-25(24(31)27-14-17-5-3-4-6-21(17)32-2)15-28-20(13-16-11-12-33-23(16)28)22(30)29(25)19-9-7-18(26)8-10-19/h3-13H,14-15H2,1-2H3,(H,27,31)/t25-/m0/s1. The molecule has 33 heavy (non-hydrogen) atoms. The minimum absolute atomic E-state index is 0.247. The number of fused-ring (bicyclic) bond motifs is 3. The Morgan fingerprint density at radius 1 is 1.18 bits per heavy atom. The van der Waals surface area contributed by atoms with E-state index in [9.17, 15) is 14.0 Å². The summed E-state index contributed by atoms with van der Waals surface area (Å²) < 4.78 is 20.9. The number of amides is 2. The largest absolute Gasteiger partial charge is 0.496 e. The van der Waals surface area contributed by atoms with Crippen molar-refractivity contribution < 1.29 is 18.7 Å². The summed E-state index contributed by atoms with van der Waals surface area (Å²) in [7, 11) is 1.58. The van der Waals surface area contributed by atoms with Crippen LogP contribution in [0.1, 0.15) is 23.0 Å². The lowest BCUT2D eigenvalue weighted by Gasteiger charge is -2.44. The molecular formula is C25H22FN3O3S. The molecular weight excluding hydrogens is 441 g/mol. The highest BCUT2D eigenvalue weighted by Crippen LogP contribution is 2.37. The molecule has 5 rings (SSSR count). The van der Waals surface area contributed by atoms with E-state index >= 15 is 0 Å². The summed E-state index contributed by atoms with van der Waals surface area (Å²) in [5.74, 6) is -0.346. The first-order chi connectivity index (χ1) is 15.9. The molecule has 0 spiro atoms. The number of carbonyl (C=O) groups excluding carboxylic acids is 2. The monoisotopic (exact) mass is 463 g/mol. The van der Waals surface area contributed by atoms with Gasteiger partial charge in [0.05, 0.1) is 13.7 Å². The molecule has 0 fully saturated rings. The molecule has 0 saturated carbocycles. The summed E-state index contributed by atoms with van der Waals surface area (Å²) in [6.07, 6.45) is 0. The van der Waals surface area contributed by atoms with Crippen LogP contribution in [0.4, 0.5) is 10.1 Å². The van der Waals surface area contributed by atoms with Gasteiger partial charge in [-0.05, 0) is 54.8 Å². The maximum Gasteiger partial charge on any atom is 0.275 e. The second-order valence-corrected chi connectivity index (χ2v) is 9.08. The van der Waals surface area contributed by atoms with Crippen molar-refractivity contribution in [3.05, 3.63) is 83.1 Å². The number of halogens is 1. The van der Waals surface area contributed by atoms with E-state index in [1.165, 1.54) is 40.5 Å². The Bertz CT molecular complexity index is 1360. The molecule has 0 bridgehead atoms. The summed E-state index contributed by atoms with van der Waals surface area (Å²) >= 11 is 1.53. The van der Waals surface area contributed by atoms with Crippen molar-refractivity contribution in [2.45, 2.75) is 25.6 Å². The molecule has 2 aromatic carbocycles. The number of anilines is 1. The van der Waals surface area contributed by atoms with Gasteiger partial charge in [-0.25, -0.2) is 4.39 Å². The highest BCUT2D eigenvalue weighted by atomic mass is 32.1. The summed E-state index contributed by atoms with van der Waals surface area (Å²) in [5.41, 5.74) is 0.568. The molecule has 168 valence electrons. The summed E-state index contributed by atoms with van der Waals surface area (Å²) in [6.45, 7) is 2.26. The van der Waals surface area contributed by atoms with Gasteiger partial charge in [0.2, 0.25) is 5.91 Å². The van der Waals surface area contributed by atoms with Gasteiger partial charge in [-0.3, -0.25) is 14.5 Å². The zero-order chi connectivity index (χ0) is 23.2. The predicted octanol–water partition coefficient (Wildman–Crippen LogP) is 4.59. The fourth-order valence-electron chi connectivity index (χ4n) is 4.41. The van der Waals surface area contributed by atoms with E-state index in [0.717, 1.165) is 15.8 Å². The van der Waals surface area contributed by atoms with E-state index < -0.39 is 11.4 Å². The third kappa shape index (κ3) is 3.47. The van der Waals surface area contributed by atoms with Crippen molar-refractivity contribution in [3.8, 4) is 5.75 Å². The molecule has 0 unspecified atom stereocenters. The van der Waals surface area contributed by atoms with Crippen LogP contribution >= 0.6 is 11.3 Å². The molecule has 1 aliphatic rings. The van der Waals surface area contributed by atoms with Gasteiger partial charge in [-0.15, -0.1) is 11.3 Å². The van der Waals surface area contributed by atoms with E-state index in [2.05, 4.69) is 5.32 Å². The van der Waals surface area contributed by atoms with E-state index in [4.69, 9.17) is 4.74 Å². The summed E-state index contributed by atoms with van der Waals surface area (Å²) in [5, 5.41) is 5.91. The molecule has 6 nitrogen and oxygen atoms in total. The highest BCUT2D eigenvalue weighted by Gasteiger charge is 2.48. The third-order valence-electron chi connectivity index (χ3n) is 6.09. The second kappa shape index (κ2) is 8.04. The first-order valence-corrected chi connectivity index (χ1v) is 11.4. The normalized spacial score (nSPS) is 17.8. The Balaban J connectivity index is 1.55. The molecule has 1 atom stereocenters. The topological polar surface area (TPSA) is 63.6 Å².